The first-order valence-corrected chi connectivity index (χ1v) is 10.2. The average Bonchev–Trinajstić information content (AvgIpc) is 2.73. The summed E-state index contributed by atoms with van der Waals surface area (Å²) >= 11 is 0. The van der Waals surface area contributed by atoms with E-state index in [4.69, 9.17) is 4.74 Å². The molecule has 1 atom stereocenters. The molecule has 2 N–H and O–H groups in total. The molecule has 3 rings (SSSR count). The molecule has 1 saturated heterocycles. The zero-order valence-electron chi connectivity index (χ0n) is 17.6. The number of rotatable bonds is 6. The Hall–Kier alpha value is -2.97. The first kappa shape index (κ1) is 22.7. The summed E-state index contributed by atoms with van der Waals surface area (Å²) in [6.45, 7) is 3.17. The molecular formula is C22H27F3N4O2. The number of alkyl halides is 3. The number of aromatic nitrogens is 1. The van der Waals surface area contributed by atoms with Crippen molar-refractivity contribution < 1.29 is 22.7 Å². The van der Waals surface area contributed by atoms with Gasteiger partial charge in [-0.15, -0.1) is 0 Å². The number of pyridine rings is 1. The van der Waals surface area contributed by atoms with E-state index in [0.717, 1.165) is 23.6 Å². The van der Waals surface area contributed by atoms with Gasteiger partial charge < -0.3 is 20.3 Å². The van der Waals surface area contributed by atoms with Gasteiger partial charge in [0.15, 0.2) is 0 Å². The number of carbonyl (C=O) groups excluding carboxylic acids is 1. The maximum absolute atomic E-state index is 12.7. The molecule has 1 aromatic carbocycles. The molecule has 0 saturated carbocycles. The summed E-state index contributed by atoms with van der Waals surface area (Å²) in [6, 6.07) is 9.90. The summed E-state index contributed by atoms with van der Waals surface area (Å²) in [5, 5.41) is 5.94. The number of piperidine rings is 1. The van der Waals surface area contributed by atoms with E-state index in [1.807, 2.05) is 36.1 Å². The lowest BCUT2D eigenvalue weighted by molar-refractivity contribution is -0.137. The zero-order valence-corrected chi connectivity index (χ0v) is 17.6. The Kier molecular flexibility index (Phi) is 7.25. The van der Waals surface area contributed by atoms with E-state index in [1.54, 1.807) is 7.11 Å². The Balaban J connectivity index is 1.43. The highest BCUT2D eigenvalue weighted by atomic mass is 19.4. The minimum absolute atomic E-state index is 0.00900. The van der Waals surface area contributed by atoms with Crippen molar-refractivity contribution in [2.75, 3.05) is 25.1 Å². The van der Waals surface area contributed by atoms with E-state index in [1.165, 1.54) is 6.07 Å². The molecule has 1 aliphatic rings. The summed E-state index contributed by atoms with van der Waals surface area (Å²) in [5.41, 5.74) is 0.317. The number of amides is 2. The first-order chi connectivity index (χ1) is 14.7. The van der Waals surface area contributed by atoms with Crippen molar-refractivity contribution in [1.82, 2.24) is 15.6 Å². The molecule has 0 aliphatic carbocycles. The van der Waals surface area contributed by atoms with Gasteiger partial charge in [-0.05, 0) is 56.0 Å². The minimum Gasteiger partial charge on any atom is -0.497 e. The Morgan fingerprint density at radius 2 is 2.00 bits per heavy atom. The zero-order chi connectivity index (χ0) is 22.4. The van der Waals surface area contributed by atoms with Crippen molar-refractivity contribution in [1.29, 1.82) is 0 Å². The number of methoxy groups -OCH3 is 1. The number of nitrogens with zero attached hydrogens (tertiary/aromatic N) is 2. The Morgan fingerprint density at radius 3 is 2.61 bits per heavy atom. The molecule has 1 fully saturated rings. The SMILES string of the molecule is COc1cccc(CC(C)NC(=O)NC2CCN(c3ccc(C(F)(F)F)cn3)CC2)c1. The second-order valence-corrected chi connectivity index (χ2v) is 7.74. The van der Waals surface area contributed by atoms with Crippen LogP contribution < -0.4 is 20.3 Å². The maximum atomic E-state index is 12.7. The monoisotopic (exact) mass is 436 g/mol. The molecule has 31 heavy (non-hydrogen) atoms. The van der Waals surface area contributed by atoms with Crippen LogP contribution >= 0.6 is 0 Å². The van der Waals surface area contributed by atoms with Crippen LogP contribution in [0.2, 0.25) is 0 Å². The highest BCUT2D eigenvalue weighted by molar-refractivity contribution is 5.74. The van der Waals surface area contributed by atoms with Crippen LogP contribution in [0.15, 0.2) is 42.6 Å². The van der Waals surface area contributed by atoms with Crippen LogP contribution in [0.5, 0.6) is 5.75 Å². The van der Waals surface area contributed by atoms with E-state index < -0.39 is 11.7 Å². The number of halogens is 3. The number of hydrogen-bond acceptors (Lipinski definition) is 4. The number of benzene rings is 1. The van der Waals surface area contributed by atoms with Crippen LogP contribution in [0.4, 0.5) is 23.8 Å². The molecule has 6 nitrogen and oxygen atoms in total. The van der Waals surface area contributed by atoms with Gasteiger partial charge >= 0.3 is 12.2 Å². The lowest BCUT2D eigenvalue weighted by atomic mass is 10.0. The summed E-state index contributed by atoms with van der Waals surface area (Å²) in [6.07, 6.45) is -1.46. The molecule has 0 bridgehead atoms. The normalized spacial score (nSPS) is 16.0. The highest BCUT2D eigenvalue weighted by Gasteiger charge is 2.31. The molecule has 2 heterocycles. The van der Waals surface area contributed by atoms with Crippen molar-refractivity contribution in [2.45, 2.75) is 44.4 Å². The van der Waals surface area contributed by atoms with Crippen molar-refractivity contribution in [3.8, 4) is 5.75 Å². The van der Waals surface area contributed by atoms with Crippen molar-refractivity contribution in [3.63, 3.8) is 0 Å². The Labute approximate surface area is 179 Å². The third kappa shape index (κ3) is 6.50. The van der Waals surface area contributed by atoms with Gasteiger partial charge in [0, 0.05) is 31.4 Å². The van der Waals surface area contributed by atoms with Gasteiger partial charge in [0.2, 0.25) is 0 Å². The van der Waals surface area contributed by atoms with Crippen molar-refractivity contribution >= 4 is 11.8 Å². The molecule has 1 unspecified atom stereocenters. The van der Waals surface area contributed by atoms with Gasteiger partial charge in [-0.1, -0.05) is 12.1 Å². The first-order valence-electron chi connectivity index (χ1n) is 10.2. The van der Waals surface area contributed by atoms with E-state index in [2.05, 4.69) is 15.6 Å². The van der Waals surface area contributed by atoms with Crippen LogP contribution in [0.1, 0.15) is 30.9 Å². The molecule has 0 radical (unpaired) electrons. The second kappa shape index (κ2) is 9.89. The fraction of sp³-hybridized carbons (Fsp3) is 0.455. The lowest BCUT2D eigenvalue weighted by Gasteiger charge is -2.33. The number of anilines is 1. The molecule has 168 valence electrons. The molecule has 0 spiro atoms. The topological polar surface area (TPSA) is 66.5 Å². The third-order valence-electron chi connectivity index (χ3n) is 5.28. The fourth-order valence-corrected chi connectivity index (χ4v) is 3.65. The second-order valence-electron chi connectivity index (χ2n) is 7.74. The van der Waals surface area contributed by atoms with Gasteiger partial charge in [-0.2, -0.15) is 13.2 Å². The number of urea groups is 1. The van der Waals surface area contributed by atoms with Crippen LogP contribution in [0.3, 0.4) is 0 Å². The van der Waals surface area contributed by atoms with Crippen LogP contribution in [0.25, 0.3) is 0 Å². The smallest absolute Gasteiger partial charge is 0.417 e. The number of hydrogen-bond donors (Lipinski definition) is 2. The number of carbonyl (C=O) groups is 1. The van der Waals surface area contributed by atoms with E-state index in [9.17, 15) is 18.0 Å². The standard InChI is InChI=1S/C22H27F3N4O2/c1-15(12-16-4-3-5-19(13-16)31-2)27-21(30)28-18-8-10-29(11-9-18)20-7-6-17(14-26-20)22(23,24)25/h3-7,13-15,18H,8-12H2,1-2H3,(H2,27,28,30). The summed E-state index contributed by atoms with van der Waals surface area (Å²) in [7, 11) is 1.62. The largest absolute Gasteiger partial charge is 0.497 e. The van der Waals surface area contributed by atoms with Crippen LogP contribution in [-0.2, 0) is 12.6 Å². The van der Waals surface area contributed by atoms with Gasteiger partial charge in [0.25, 0.3) is 0 Å². The molecule has 1 aromatic heterocycles. The van der Waals surface area contributed by atoms with Gasteiger partial charge in [0.1, 0.15) is 11.6 Å². The van der Waals surface area contributed by atoms with Crippen LogP contribution in [0, 0.1) is 0 Å². The maximum Gasteiger partial charge on any atom is 0.417 e. The predicted molar refractivity (Wildman–Crippen MR) is 112 cm³/mol. The summed E-state index contributed by atoms with van der Waals surface area (Å²) in [4.78, 5) is 18.2. The molecule has 2 aromatic rings. The molecular weight excluding hydrogens is 409 g/mol. The quantitative estimate of drug-likeness (QED) is 0.718. The van der Waals surface area contributed by atoms with E-state index >= 15 is 0 Å². The highest BCUT2D eigenvalue weighted by Crippen LogP contribution is 2.29. The number of ether oxygens (including phenoxy) is 1. The van der Waals surface area contributed by atoms with E-state index in [-0.39, 0.29) is 18.1 Å². The number of nitrogens with one attached hydrogen (secondary N) is 2. The fourth-order valence-electron chi connectivity index (χ4n) is 3.65. The molecule has 9 heteroatoms. The van der Waals surface area contributed by atoms with E-state index in [0.29, 0.717) is 38.2 Å². The van der Waals surface area contributed by atoms with Crippen molar-refractivity contribution in [2.24, 2.45) is 0 Å². The average molecular weight is 436 g/mol. The Morgan fingerprint density at radius 1 is 1.26 bits per heavy atom. The molecule has 1 aliphatic heterocycles. The molecule has 2 amide bonds. The van der Waals surface area contributed by atoms with Gasteiger partial charge in [-0.25, -0.2) is 9.78 Å². The lowest BCUT2D eigenvalue weighted by Crippen LogP contribution is -2.50. The Bertz CT molecular complexity index is 866. The van der Waals surface area contributed by atoms with Gasteiger partial charge in [0.05, 0.1) is 12.7 Å². The minimum atomic E-state index is -4.39. The van der Waals surface area contributed by atoms with Gasteiger partial charge in [-0.3, -0.25) is 0 Å². The van der Waals surface area contributed by atoms with Crippen LogP contribution in [-0.4, -0.2) is 43.3 Å². The summed E-state index contributed by atoms with van der Waals surface area (Å²) < 4.78 is 43.2. The van der Waals surface area contributed by atoms with Crippen molar-refractivity contribution in [3.05, 3.63) is 53.7 Å². The predicted octanol–water partition coefficient (Wildman–Crippen LogP) is 4.01. The summed E-state index contributed by atoms with van der Waals surface area (Å²) in [5.74, 6) is 1.30. The third-order valence-corrected chi connectivity index (χ3v) is 5.28.